The van der Waals surface area contributed by atoms with E-state index in [1.54, 1.807) is 12.1 Å². The van der Waals surface area contributed by atoms with Crippen molar-refractivity contribution in [2.75, 3.05) is 13.2 Å². The minimum atomic E-state index is -0.442. The van der Waals surface area contributed by atoms with Gasteiger partial charge in [-0.25, -0.2) is 5.84 Å². The lowest BCUT2D eigenvalue weighted by atomic mass is 10.1. The Morgan fingerprint density at radius 3 is 2.94 bits per heavy atom. The number of hydrogen-bond donors (Lipinski definition) is 2. The van der Waals surface area contributed by atoms with Crippen molar-refractivity contribution in [3.8, 4) is 0 Å². The second-order valence-electron chi connectivity index (χ2n) is 3.86. The summed E-state index contributed by atoms with van der Waals surface area (Å²) in [7, 11) is 0. The standard InChI is InChI=1S/C11H16N2O4/c12-13-11(14)10-2-1-9(17-10)7-16-8-3-5-15-6-4-8/h1-2,8H,3-7,12H2,(H,13,14). The smallest absolute Gasteiger partial charge is 0.300 e. The van der Waals surface area contributed by atoms with E-state index in [-0.39, 0.29) is 11.9 Å². The molecule has 1 saturated heterocycles. The normalized spacial score (nSPS) is 17.0. The van der Waals surface area contributed by atoms with E-state index < -0.39 is 5.91 Å². The third kappa shape index (κ3) is 3.29. The largest absolute Gasteiger partial charge is 0.453 e. The zero-order valence-electron chi connectivity index (χ0n) is 9.48. The van der Waals surface area contributed by atoms with E-state index >= 15 is 0 Å². The summed E-state index contributed by atoms with van der Waals surface area (Å²) < 4.78 is 16.2. The number of carbonyl (C=O) groups is 1. The predicted octanol–water partition coefficient (Wildman–Crippen LogP) is 0.579. The SMILES string of the molecule is NNC(=O)c1ccc(COC2CCOCC2)o1. The number of ether oxygens (including phenoxy) is 2. The van der Waals surface area contributed by atoms with Gasteiger partial charge in [-0.15, -0.1) is 0 Å². The molecule has 3 N–H and O–H groups in total. The van der Waals surface area contributed by atoms with Gasteiger partial charge in [0.25, 0.3) is 0 Å². The van der Waals surface area contributed by atoms with Gasteiger partial charge in [-0.3, -0.25) is 10.2 Å². The van der Waals surface area contributed by atoms with Crippen molar-refractivity contribution in [3.63, 3.8) is 0 Å². The Labute approximate surface area is 99.0 Å². The average Bonchev–Trinajstić information content (AvgIpc) is 2.85. The quantitative estimate of drug-likeness (QED) is 0.456. The van der Waals surface area contributed by atoms with Gasteiger partial charge in [0.1, 0.15) is 12.4 Å². The Bertz CT molecular complexity index is 371. The van der Waals surface area contributed by atoms with Crippen LogP contribution in [0.5, 0.6) is 0 Å². The molecule has 0 aromatic carbocycles. The van der Waals surface area contributed by atoms with Crippen LogP contribution in [-0.2, 0) is 16.1 Å². The number of nitrogen functional groups attached to an aromatic ring is 1. The van der Waals surface area contributed by atoms with Crippen LogP contribution in [0.1, 0.15) is 29.2 Å². The van der Waals surface area contributed by atoms with Crippen molar-refractivity contribution < 1.29 is 18.7 Å². The number of nitrogens with two attached hydrogens (primary N) is 1. The lowest BCUT2D eigenvalue weighted by molar-refractivity contribution is -0.0434. The Kier molecular flexibility index (Phi) is 4.13. The van der Waals surface area contributed by atoms with Crippen molar-refractivity contribution in [1.29, 1.82) is 0 Å². The molecule has 1 aromatic heterocycles. The van der Waals surface area contributed by atoms with Gasteiger partial charge < -0.3 is 13.9 Å². The molecule has 6 nitrogen and oxygen atoms in total. The zero-order valence-corrected chi connectivity index (χ0v) is 9.48. The van der Waals surface area contributed by atoms with Gasteiger partial charge in [-0.2, -0.15) is 0 Å². The van der Waals surface area contributed by atoms with Crippen LogP contribution in [0.4, 0.5) is 0 Å². The van der Waals surface area contributed by atoms with Crippen LogP contribution in [0.15, 0.2) is 16.5 Å². The highest BCUT2D eigenvalue weighted by molar-refractivity contribution is 5.90. The molecule has 0 bridgehead atoms. The zero-order chi connectivity index (χ0) is 12.1. The third-order valence-electron chi connectivity index (χ3n) is 2.65. The molecular formula is C11H16N2O4. The summed E-state index contributed by atoms with van der Waals surface area (Å²) in [4.78, 5) is 11.1. The molecule has 0 radical (unpaired) electrons. The van der Waals surface area contributed by atoms with E-state index in [4.69, 9.17) is 19.7 Å². The number of hydrogen-bond acceptors (Lipinski definition) is 5. The highest BCUT2D eigenvalue weighted by atomic mass is 16.5. The number of amides is 1. The molecule has 0 spiro atoms. The van der Waals surface area contributed by atoms with Gasteiger partial charge >= 0.3 is 5.91 Å². The molecule has 0 saturated carbocycles. The molecule has 1 aromatic rings. The fourth-order valence-corrected chi connectivity index (χ4v) is 1.69. The first-order valence-corrected chi connectivity index (χ1v) is 5.58. The lowest BCUT2D eigenvalue weighted by Gasteiger charge is -2.21. The van der Waals surface area contributed by atoms with Crippen molar-refractivity contribution in [2.24, 2.45) is 5.84 Å². The van der Waals surface area contributed by atoms with Crippen molar-refractivity contribution in [2.45, 2.75) is 25.6 Å². The summed E-state index contributed by atoms with van der Waals surface area (Å²) in [6.45, 7) is 1.84. The van der Waals surface area contributed by atoms with Crippen LogP contribution in [0, 0.1) is 0 Å². The van der Waals surface area contributed by atoms with Crippen LogP contribution >= 0.6 is 0 Å². The highest BCUT2D eigenvalue weighted by Crippen LogP contribution is 2.15. The van der Waals surface area contributed by atoms with E-state index in [1.807, 2.05) is 5.43 Å². The summed E-state index contributed by atoms with van der Waals surface area (Å²) in [6, 6.07) is 3.29. The summed E-state index contributed by atoms with van der Waals surface area (Å²) in [5, 5.41) is 0. The fourth-order valence-electron chi connectivity index (χ4n) is 1.69. The summed E-state index contributed by atoms with van der Waals surface area (Å²) in [5.41, 5.74) is 2.01. The van der Waals surface area contributed by atoms with Crippen molar-refractivity contribution in [1.82, 2.24) is 5.43 Å². The number of furan rings is 1. The van der Waals surface area contributed by atoms with Crippen LogP contribution in [0.25, 0.3) is 0 Å². The molecule has 1 aliphatic rings. The van der Waals surface area contributed by atoms with Crippen LogP contribution in [-0.4, -0.2) is 25.2 Å². The predicted molar refractivity (Wildman–Crippen MR) is 59.0 cm³/mol. The minimum absolute atomic E-state index is 0.193. The maximum Gasteiger partial charge on any atom is 0.300 e. The molecule has 0 atom stereocenters. The van der Waals surface area contributed by atoms with Crippen molar-refractivity contribution >= 4 is 5.91 Å². The van der Waals surface area contributed by atoms with E-state index in [1.165, 1.54) is 0 Å². The molecule has 2 rings (SSSR count). The second kappa shape index (κ2) is 5.81. The maximum absolute atomic E-state index is 11.1. The molecule has 0 unspecified atom stereocenters. The number of nitrogens with one attached hydrogen (secondary N) is 1. The Hall–Kier alpha value is -1.37. The molecule has 1 aliphatic heterocycles. The fraction of sp³-hybridized carbons (Fsp3) is 0.545. The van der Waals surface area contributed by atoms with Gasteiger partial charge in [-0.05, 0) is 25.0 Å². The maximum atomic E-state index is 11.1. The number of hydrazine groups is 1. The summed E-state index contributed by atoms with van der Waals surface area (Å²) in [6.07, 6.45) is 2.01. The number of rotatable bonds is 4. The van der Waals surface area contributed by atoms with Gasteiger partial charge in [-0.1, -0.05) is 0 Å². The monoisotopic (exact) mass is 240 g/mol. The number of carbonyl (C=O) groups excluding carboxylic acids is 1. The molecular weight excluding hydrogens is 224 g/mol. The first-order valence-electron chi connectivity index (χ1n) is 5.58. The highest BCUT2D eigenvalue weighted by Gasteiger charge is 2.15. The average molecular weight is 240 g/mol. The molecule has 0 aliphatic carbocycles. The summed E-state index contributed by atoms with van der Waals surface area (Å²) in [5.74, 6) is 5.37. The molecule has 2 heterocycles. The van der Waals surface area contributed by atoms with E-state index in [0.29, 0.717) is 12.4 Å². The summed E-state index contributed by atoms with van der Waals surface area (Å²) >= 11 is 0. The molecule has 17 heavy (non-hydrogen) atoms. The first kappa shape index (κ1) is 12.1. The van der Waals surface area contributed by atoms with Gasteiger partial charge in [0, 0.05) is 13.2 Å². The first-order chi connectivity index (χ1) is 8.29. The molecule has 1 fully saturated rings. The van der Waals surface area contributed by atoms with Gasteiger partial charge in [0.2, 0.25) is 0 Å². The lowest BCUT2D eigenvalue weighted by Crippen LogP contribution is -2.29. The van der Waals surface area contributed by atoms with E-state index in [9.17, 15) is 4.79 Å². The minimum Gasteiger partial charge on any atom is -0.453 e. The molecule has 94 valence electrons. The van der Waals surface area contributed by atoms with Gasteiger partial charge in [0.05, 0.1) is 6.10 Å². The Balaban J connectivity index is 1.82. The van der Waals surface area contributed by atoms with Gasteiger partial charge in [0.15, 0.2) is 5.76 Å². The van der Waals surface area contributed by atoms with Crippen LogP contribution < -0.4 is 11.3 Å². The van der Waals surface area contributed by atoms with Crippen molar-refractivity contribution in [3.05, 3.63) is 23.7 Å². The molecule has 6 heteroatoms. The van der Waals surface area contributed by atoms with E-state index in [2.05, 4.69) is 0 Å². The Morgan fingerprint density at radius 2 is 2.24 bits per heavy atom. The van der Waals surface area contributed by atoms with Crippen LogP contribution in [0.3, 0.4) is 0 Å². The second-order valence-corrected chi connectivity index (χ2v) is 3.86. The van der Waals surface area contributed by atoms with Crippen LogP contribution in [0.2, 0.25) is 0 Å². The Morgan fingerprint density at radius 1 is 1.47 bits per heavy atom. The van der Waals surface area contributed by atoms with E-state index in [0.717, 1.165) is 26.1 Å². The topological polar surface area (TPSA) is 86.7 Å². The molecule has 1 amide bonds. The third-order valence-corrected chi connectivity index (χ3v) is 2.65.